The van der Waals surface area contributed by atoms with E-state index in [1.807, 2.05) is 12.1 Å². The van der Waals surface area contributed by atoms with Crippen LogP contribution in [0.1, 0.15) is 25.2 Å². The Morgan fingerprint density at radius 3 is 2.76 bits per heavy atom. The van der Waals surface area contributed by atoms with Gasteiger partial charge in [0.05, 0.1) is 13.7 Å². The number of ether oxygens (including phenoxy) is 1. The van der Waals surface area contributed by atoms with Gasteiger partial charge in [0.15, 0.2) is 0 Å². The van der Waals surface area contributed by atoms with E-state index in [0.717, 1.165) is 30.1 Å². The Morgan fingerprint density at radius 2 is 2.10 bits per heavy atom. The smallest absolute Gasteiger partial charge is 0.240 e. The van der Waals surface area contributed by atoms with E-state index in [1.165, 1.54) is 19.3 Å². The van der Waals surface area contributed by atoms with Gasteiger partial charge in [-0.2, -0.15) is 4.98 Å². The second-order valence-corrected chi connectivity index (χ2v) is 5.15. The van der Waals surface area contributed by atoms with Crippen molar-refractivity contribution in [1.82, 2.24) is 10.1 Å². The highest BCUT2D eigenvalue weighted by molar-refractivity contribution is 5.76. The van der Waals surface area contributed by atoms with Crippen molar-refractivity contribution in [3.8, 4) is 17.1 Å². The largest absolute Gasteiger partial charge is 0.497 e. The molecule has 112 valence electrons. The normalized spacial score (nSPS) is 15.2. The van der Waals surface area contributed by atoms with E-state index in [4.69, 9.17) is 15.0 Å². The first-order valence-corrected chi connectivity index (χ1v) is 7.28. The third-order valence-electron chi connectivity index (χ3n) is 3.78. The molecule has 0 aliphatic carbocycles. The molecule has 1 aromatic carbocycles. The van der Waals surface area contributed by atoms with Gasteiger partial charge in [-0.1, -0.05) is 5.16 Å². The second-order valence-electron chi connectivity index (χ2n) is 5.15. The average molecular weight is 288 g/mol. The van der Waals surface area contributed by atoms with Gasteiger partial charge in [0, 0.05) is 24.3 Å². The first-order valence-electron chi connectivity index (χ1n) is 7.28. The topological polar surface area (TPSA) is 77.4 Å². The van der Waals surface area contributed by atoms with Gasteiger partial charge in [-0.15, -0.1) is 0 Å². The predicted molar refractivity (Wildman–Crippen MR) is 80.2 cm³/mol. The molecule has 0 radical (unpaired) electrons. The Bertz CT molecular complexity index is 605. The standard InChI is InChI=1S/C15H20N4O2/c1-20-11-5-6-13(19-7-3-2-4-8-19)12(9-11)15-17-14(10-16)21-18-15/h5-6,9H,2-4,7-8,10,16H2,1H3. The van der Waals surface area contributed by atoms with E-state index < -0.39 is 0 Å². The number of aromatic nitrogens is 2. The molecule has 6 nitrogen and oxygen atoms in total. The molecule has 21 heavy (non-hydrogen) atoms. The average Bonchev–Trinajstić information content (AvgIpc) is 3.04. The lowest BCUT2D eigenvalue weighted by molar-refractivity contribution is 0.380. The van der Waals surface area contributed by atoms with Crippen molar-refractivity contribution < 1.29 is 9.26 Å². The summed E-state index contributed by atoms with van der Waals surface area (Å²) < 4.78 is 10.5. The molecule has 0 saturated carbocycles. The number of rotatable bonds is 4. The molecule has 1 aliphatic heterocycles. The summed E-state index contributed by atoms with van der Waals surface area (Å²) in [6.07, 6.45) is 3.72. The molecular weight excluding hydrogens is 268 g/mol. The lowest BCUT2D eigenvalue weighted by Crippen LogP contribution is -2.29. The number of nitrogens with zero attached hydrogens (tertiary/aromatic N) is 3. The molecule has 1 saturated heterocycles. The Balaban J connectivity index is 2.02. The summed E-state index contributed by atoms with van der Waals surface area (Å²) in [6.45, 7) is 2.36. The van der Waals surface area contributed by atoms with Gasteiger partial charge in [0.1, 0.15) is 5.75 Å². The fourth-order valence-electron chi connectivity index (χ4n) is 2.68. The lowest BCUT2D eigenvalue weighted by atomic mass is 10.1. The first kappa shape index (κ1) is 13.9. The van der Waals surface area contributed by atoms with Crippen molar-refractivity contribution in [2.24, 2.45) is 5.73 Å². The Morgan fingerprint density at radius 1 is 1.29 bits per heavy atom. The van der Waals surface area contributed by atoms with Crippen LogP contribution in [-0.2, 0) is 6.54 Å². The maximum atomic E-state index is 5.55. The van der Waals surface area contributed by atoms with Crippen LogP contribution in [-0.4, -0.2) is 30.3 Å². The highest BCUT2D eigenvalue weighted by Gasteiger charge is 2.19. The van der Waals surface area contributed by atoms with Crippen molar-refractivity contribution in [2.75, 3.05) is 25.1 Å². The zero-order chi connectivity index (χ0) is 14.7. The van der Waals surface area contributed by atoms with Crippen molar-refractivity contribution in [3.05, 3.63) is 24.1 Å². The number of anilines is 1. The summed E-state index contributed by atoms with van der Waals surface area (Å²) in [7, 11) is 1.65. The van der Waals surface area contributed by atoms with Crippen LogP contribution in [0.3, 0.4) is 0 Å². The van der Waals surface area contributed by atoms with E-state index in [1.54, 1.807) is 7.11 Å². The van der Waals surface area contributed by atoms with Crippen molar-refractivity contribution in [2.45, 2.75) is 25.8 Å². The number of hydrogen-bond donors (Lipinski definition) is 1. The van der Waals surface area contributed by atoms with Gasteiger partial charge in [0.25, 0.3) is 0 Å². The SMILES string of the molecule is COc1ccc(N2CCCCC2)c(-c2noc(CN)n2)c1. The second kappa shape index (κ2) is 6.13. The zero-order valence-corrected chi connectivity index (χ0v) is 12.2. The van der Waals surface area contributed by atoms with Crippen LogP contribution in [0.15, 0.2) is 22.7 Å². The molecule has 0 bridgehead atoms. The molecule has 2 heterocycles. The molecule has 1 fully saturated rings. The molecule has 0 unspecified atom stereocenters. The molecular formula is C15H20N4O2. The third kappa shape index (κ3) is 2.85. The maximum Gasteiger partial charge on any atom is 0.240 e. The van der Waals surface area contributed by atoms with Gasteiger partial charge >= 0.3 is 0 Å². The van der Waals surface area contributed by atoms with Crippen LogP contribution in [0.5, 0.6) is 5.75 Å². The van der Waals surface area contributed by atoms with Crippen molar-refractivity contribution in [1.29, 1.82) is 0 Å². The Hall–Kier alpha value is -2.08. The van der Waals surface area contributed by atoms with E-state index in [9.17, 15) is 0 Å². The quantitative estimate of drug-likeness (QED) is 0.929. The fourth-order valence-corrected chi connectivity index (χ4v) is 2.68. The third-order valence-corrected chi connectivity index (χ3v) is 3.78. The Kier molecular flexibility index (Phi) is 4.06. The van der Waals surface area contributed by atoms with Gasteiger partial charge < -0.3 is 19.9 Å². The van der Waals surface area contributed by atoms with E-state index in [2.05, 4.69) is 21.1 Å². The molecule has 6 heteroatoms. The van der Waals surface area contributed by atoms with Gasteiger partial charge in [0.2, 0.25) is 11.7 Å². The van der Waals surface area contributed by atoms with Crippen LogP contribution < -0.4 is 15.4 Å². The zero-order valence-electron chi connectivity index (χ0n) is 12.2. The molecule has 0 spiro atoms. The van der Waals surface area contributed by atoms with Gasteiger partial charge in [-0.3, -0.25) is 0 Å². The van der Waals surface area contributed by atoms with Crippen molar-refractivity contribution in [3.63, 3.8) is 0 Å². The van der Waals surface area contributed by atoms with E-state index in [0.29, 0.717) is 11.7 Å². The van der Waals surface area contributed by atoms with E-state index in [-0.39, 0.29) is 6.54 Å². The maximum absolute atomic E-state index is 5.55. The number of methoxy groups -OCH3 is 1. The molecule has 3 rings (SSSR count). The van der Waals surface area contributed by atoms with Crippen LogP contribution >= 0.6 is 0 Å². The molecule has 0 amide bonds. The lowest BCUT2D eigenvalue weighted by Gasteiger charge is -2.30. The fraction of sp³-hybridized carbons (Fsp3) is 0.467. The summed E-state index contributed by atoms with van der Waals surface area (Å²) in [5.74, 6) is 1.79. The molecule has 2 aromatic rings. The Labute approximate surface area is 123 Å². The van der Waals surface area contributed by atoms with Gasteiger partial charge in [-0.25, -0.2) is 0 Å². The minimum absolute atomic E-state index is 0.246. The summed E-state index contributed by atoms with van der Waals surface area (Å²) in [5, 5.41) is 4.04. The summed E-state index contributed by atoms with van der Waals surface area (Å²) in [4.78, 5) is 6.72. The summed E-state index contributed by atoms with van der Waals surface area (Å²) >= 11 is 0. The summed E-state index contributed by atoms with van der Waals surface area (Å²) in [6, 6.07) is 5.99. The number of hydrogen-bond acceptors (Lipinski definition) is 6. The minimum Gasteiger partial charge on any atom is -0.497 e. The summed E-state index contributed by atoms with van der Waals surface area (Å²) in [5.41, 5.74) is 7.60. The van der Waals surface area contributed by atoms with Gasteiger partial charge in [-0.05, 0) is 37.5 Å². The van der Waals surface area contributed by atoms with Crippen LogP contribution in [0, 0.1) is 0 Å². The molecule has 0 atom stereocenters. The number of benzene rings is 1. The highest BCUT2D eigenvalue weighted by atomic mass is 16.5. The van der Waals surface area contributed by atoms with Crippen LogP contribution in [0.2, 0.25) is 0 Å². The van der Waals surface area contributed by atoms with Crippen LogP contribution in [0.4, 0.5) is 5.69 Å². The molecule has 2 N–H and O–H groups in total. The minimum atomic E-state index is 0.246. The highest BCUT2D eigenvalue weighted by Crippen LogP contribution is 2.34. The molecule has 1 aliphatic rings. The van der Waals surface area contributed by atoms with Crippen LogP contribution in [0.25, 0.3) is 11.4 Å². The monoisotopic (exact) mass is 288 g/mol. The van der Waals surface area contributed by atoms with E-state index >= 15 is 0 Å². The van der Waals surface area contributed by atoms with Crippen molar-refractivity contribution >= 4 is 5.69 Å². The first-order chi connectivity index (χ1) is 10.3. The number of nitrogens with two attached hydrogens (primary N) is 1. The predicted octanol–water partition coefficient (Wildman–Crippen LogP) is 2.19. The molecule has 1 aromatic heterocycles. The number of piperidine rings is 1.